The van der Waals surface area contributed by atoms with E-state index in [1.54, 1.807) is 6.92 Å². The number of carbonyl (C=O) groups excluding carboxylic acids is 1. The monoisotopic (exact) mass is 149 g/mol. The van der Waals surface area contributed by atoms with E-state index in [1.807, 2.05) is 0 Å². The highest BCUT2D eigenvalue weighted by atomic mass is 31.1. The summed E-state index contributed by atoms with van der Waals surface area (Å²) in [5.41, 5.74) is 0. The zero-order chi connectivity index (χ0) is 7.28. The Bertz CT molecular complexity index is 134. The van der Waals surface area contributed by atoms with Crippen LogP contribution in [0, 0.1) is 0 Å². The van der Waals surface area contributed by atoms with Gasteiger partial charge in [-0.3, -0.25) is 4.79 Å². The zero-order valence-electron chi connectivity index (χ0n) is 5.07. The van der Waals surface area contributed by atoms with Gasteiger partial charge in [0.2, 0.25) is 14.3 Å². The highest BCUT2D eigenvalue weighted by Gasteiger charge is 1.99. The summed E-state index contributed by atoms with van der Waals surface area (Å²) >= 11 is 0. The van der Waals surface area contributed by atoms with Gasteiger partial charge in [-0.15, -0.1) is 0 Å². The van der Waals surface area contributed by atoms with Crippen molar-refractivity contribution in [1.82, 2.24) is 0 Å². The van der Waals surface area contributed by atoms with Crippen LogP contribution in [0.15, 0.2) is 4.74 Å². The standard InChI is InChI=1S/C4H8NO3P/c1-2-4(7)5-9(8)3-6/h6H,2-3H2,1H3. The van der Waals surface area contributed by atoms with Crippen molar-refractivity contribution in [3.63, 3.8) is 0 Å². The molecule has 0 saturated heterocycles. The quantitative estimate of drug-likeness (QED) is 0.553. The number of aliphatic hydroxyl groups excluding tert-OH is 1. The first-order valence-corrected chi connectivity index (χ1v) is 3.90. The molecular formula is C4H8NO3P. The van der Waals surface area contributed by atoms with Crippen molar-refractivity contribution in [2.75, 3.05) is 6.35 Å². The molecule has 0 aromatic heterocycles. The average Bonchev–Trinajstić information content (AvgIpc) is 1.87. The first kappa shape index (κ1) is 8.69. The number of hydrogen-bond donors (Lipinski definition) is 1. The number of rotatable bonds is 2. The van der Waals surface area contributed by atoms with Gasteiger partial charge in [-0.1, -0.05) is 6.92 Å². The van der Waals surface area contributed by atoms with Crippen molar-refractivity contribution < 1.29 is 14.8 Å². The number of nitrogens with zero attached hydrogens (tertiary/aromatic N) is 1. The van der Waals surface area contributed by atoms with Gasteiger partial charge in [0.15, 0.2) is 0 Å². The fraction of sp³-hybridized carbons (Fsp3) is 0.750. The second kappa shape index (κ2) is 4.56. The minimum absolute atomic E-state index is 0.237. The molecule has 0 rings (SSSR count). The highest BCUT2D eigenvalue weighted by Crippen LogP contribution is 2.10. The molecule has 0 bridgehead atoms. The molecule has 0 fully saturated rings. The number of hydrogen-bond acceptors (Lipinski definition) is 3. The van der Waals surface area contributed by atoms with E-state index in [-0.39, 0.29) is 6.42 Å². The Morgan fingerprint density at radius 1 is 1.89 bits per heavy atom. The van der Waals surface area contributed by atoms with Crippen LogP contribution >= 0.6 is 7.94 Å². The fourth-order valence-corrected chi connectivity index (χ4v) is 0.680. The molecule has 1 N–H and O–H groups in total. The minimum Gasteiger partial charge on any atom is -0.610 e. The number of carbonyl (C=O) groups is 1. The van der Waals surface area contributed by atoms with Crippen LogP contribution in [0.1, 0.15) is 13.3 Å². The second-order valence-electron chi connectivity index (χ2n) is 1.34. The average molecular weight is 149 g/mol. The van der Waals surface area contributed by atoms with E-state index in [1.165, 1.54) is 0 Å². The van der Waals surface area contributed by atoms with Crippen molar-refractivity contribution >= 4 is 13.8 Å². The lowest BCUT2D eigenvalue weighted by molar-refractivity contribution is -0.159. The van der Waals surface area contributed by atoms with Gasteiger partial charge in [-0.25, -0.2) is 0 Å². The summed E-state index contributed by atoms with van der Waals surface area (Å²) in [4.78, 5) is 20.6. The van der Waals surface area contributed by atoms with Crippen LogP contribution in [-0.2, 0) is 4.79 Å². The molecule has 0 aromatic rings. The van der Waals surface area contributed by atoms with Crippen LogP contribution in [0.4, 0.5) is 0 Å². The molecule has 0 aromatic carbocycles. The van der Waals surface area contributed by atoms with Crippen molar-refractivity contribution in [3.8, 4) is 0 Å². The van der Waals surface area contributed by atoms with Gasteiger partial charge in [-0.2, -0.15) is 0 Å². The molecule has 0 heterocycles. The molecule has 52 valence electrons. The van der Waals surface area contributed by atoms with Gasteiger partial charge >= 0.3 is 0 Å². The Morgan fingerprint density at radius 3 is 2.78 bits per heavy atom. The van der Waals surface area contributed by atoms with Gasteiger partial charge < -0.3 is 10.00 Å². The molecule has 0 aliphatic heterocycles. The maximum absolute atomic E-state index is 10.3. The molecule has 0 aliphatic rings. The van der Waals surface area contributed by atoms with E-state index in [4.69, 9.17) is 5.11 Å². The summed E-state index contributed by atoms with van der Waals surface area (Å²) in [6.45, 7) is 1.62. The van der Waals surface area contributed by atoms with Gasteiger partial charge in [0.1, 0.15) is 0 Å². The van der Waals surface area contributed by atoms with E-state index in [2.05, 4.69) is 4.74 Å². The van der Waals surface area contributed by atoms with Gasteiger partial charge in [0.25, 0.3) is 5.91 Å². The predicted octanol–water partition coefficient (Wildman–Crippen LogP) is -0.186. The molecule has 0 aliphatic carbocycles. The number of amides is 1. The summed E-state index contributed by atoms with van der Waals surface area (Å²) in [5, 5.41) is 8.15. The lowest BCUT2D eigenvalue weighted by Crippen LogP contribution is -1.94. The van der Waals surface area contributed by atoms with Gasteiger partial charge in [0.05, 0.1) is 0 Å². The highest BCUT2D eigenvalue weighted by molar-refractivity contribution is 7.39. The van der Waals surface area contributed by atoms with Crippen LogP contribution in [-0.4, -0.2) is 17.4 Å². The van der Waals surface area contributed by atoms with E-state index in [0.717, 1.165) is 0 Å². The third-order valence-corrected chi connectivity index (χ3v) is 1.33. The largest absolute Gasteiger partial charge is 0.610 e. The Morgan fingerprint density at radius 2 is 2.44 bits per heavy atom. The van der Waals surface area contributed by atoms with Crippen molar-refractivity contribution in [3.05, 3.63) is 0 Å². The Balaban J connectivity index is 3.79. The maximum atomic E-state index is 10.3. The van der Waals surface area contributed by atoms with Crippen LogP contribution in [0.5, 0.6) is 0 Å². The van der Waals surface area contributed by atoms with Crippen LogP contribution < -0.4 is 4.89 Å². The Hall–Kier alpha value is -0.310. The van der Waals surface area contributed by atoms with Crippen molar-refractivity contribution in [2.45, 2.75) is 13.3 Å². The van der Waals surface area contributed by atoms with Crippen molar-refractivity contribution in [2.24, 2.45) is 4.74 Å². The lowest BCUT2D eigenvalue weighted by atomic mass is 10.5. The SMILES string of the molecule is CCC(=O)N=[P+]([O-])CO. The van der Waals surface area contributed by atoms with Crippen LogP contribution in [0.2, 0.25) is 0 Å². The fourth-order valence-electron chi connectivity index (χ4n) is 0.227. The molecule has 9 heavy (non-hydrogen) atoms. The minimum atomic E-state index is -2.04. The predicted molar refractivity (Wildman–Crippen MR) is 31.7 cm³/mol. The normalized spacial score (nSPS) is 11.7. The molecule has 1 unspecified atom stereocenters. The summed E-state index contributed by atoms with van der Waals surface area (Å²) in [6.07, 6.45) is -0.303. The molecule has 1 amide bonds. The third-order valence-electron chi connectivity index (χ3n) is 0.647. The van der Waals surface area contributed by atoms with Crippen LogP contribution in [0.25, 0.3) is 0 Å². The zero-order valence-corrected chi connectivity index (χ0v) is 5.97. The molecule has 0 saturated carbocycles. The summed E-state index contributed by atoms with van der Waals surface area (Å²) < 4.78 is 3.13. The van der Waals surface area contributed by atoms with Gasteiger partial charge in [0, 0.05) is 6.42 Å². The molecule has 5 heteroatoms. The Kier molecular flexibility index (Phi) is 4.40. The first-order chi connectivity index (χ1) is 4.20. The third kappa shape index (κ3) is 4.21. The molecular weight excluding hydrogens is 141 g/mol. The lowest BCUT2D eigenvalue weighted by Gasteiger charge is -1.86. The summed E-state index contributed by atoms with van der Waals surface area (Å²) in [7, 11) is -2.04. The molecule has 0 radical (unpaired) electrons. The van der Waals surface area contributed by atoms with Crippen LogP contribution in [0.3, 0.4) is 0 Å². The smallest absolute Gasteiger partial charge is 0.286 e. The molecule has 4 nitrogen and oxygen atoms in total. The number of aliphatic hydroxyl groups is 1. The van der Waals surface area contributed by atoms with E-state index < -0.39 is 20.2 Å². The van der Waals surface area contributed by atoms with Gasteiger partial charge in [-0.05, 0) is 4.74 Å². The molecule has 0 spiro atoms. The first-order valence-electron chi connectivity index (χ1n) is 2.50. The van der Waals surface area contributed by atoms with E-state index in [0.29, 0.717) is 0 Å². The van der Waals surface area contributed by atoms with E-state index in [9.17, 15) is 9.69 Å². The van der Waals surface area contributed by atoms with Crippen molar-refractivity contribution in [1.29, 1.82) is 0 Å². The van der Waals surface area contributed by atoms with E-state index >= 15 is 0 Å². The Labute approximate surface area is 54.1 Å². The topological polar surface area (TPSA) is 72.7 Å². The summed E-state index contributed by atoms with van der Waals surface area (Å²) in [5.74, 6) is -0.426. The summed E-state index contributed by atoms with van der Waals surface area (Å²) in [6, 6.07) is 0. The molecule has 1 atom stereocenters. The second-order valence-corrected chi connectivity index (χ2v) is 2.53. The maximum Gasteiger partial charge on any atom is 0.286 e.